The first kappa shape index (κ1) is 29.6. The van der Waals surface area contributed by atoms with Gasteiger partial charge < -0.3 is 14.2 Å². The van der Waals surface area contributed by atoms with Crippen LogP contribution in [-0.4, -0.2) is 37.4 Å². The number of aliphatic hydroxyl groups is 1. The quantitative estimate of drug-likeness (QED) is 0.171. The molecular formula is C22H50O3P2. The van der Waals surface area contributed by atoms with Gasteiger partial charge in [0.2, 0.25) is 0 Å². The molecule has 0 bridgehead atoms. The largest absolute Gasteiger partial charge is 0.396 e. The first-order valence-electron chi connectivity index (χ1n) is 11.6. The van der Waals surface area contributed by atoms with Crippen LogP contribution in [0.3, 0.4) is 0 Å². The van der Waals surface area contributed by atoms with Gasteiger partial charge >= 0.3 is 0 Å². The molecule has 0 aromatic rings. The van der Waals surface area contributed by atoms with Crippen LogP contribution in [0.4, 0.5) is 0 Å². The number of hydrogen-bond donors (Lipinski definition) is 1. The van der Waals surface area contributed by atoms with Crippen LogP contribution in [0.25, 0.3) is 0 Å². The summed E-state index contributed by atoms with van der Waals surface area (Å²) in [5.74, 6) is 0. The molecule has 0 heterocycles. The van der Waals surface area contributed by atoms with Gasteiger partial charge in [0.15, 0.2) is 0 Å². The summed E-state index contributed by atoms with van der Waals surface area (Å²) in [5, 5.41) is 7.89. The molecule has 0 fully saturated rings. The van der Waals surface area contributed by atoms with Crippen molar-refractivity contribution in [3.8, 4) is 0 Å². The maximum absolute atomic E-state index is 11.6. The Bertz CT molecular complexity index is 330. The zero-order chi connectivity index (χ0) is 20.6. The predicted octanol–water partition coefficient (Wildman–Crippen LogP) is 7.61. The van der Waals surface area contributed by atoms with Gasteiger partial charge in [-0.05, 0) is 19.8 Å². The van der Waals surface area contributed by atoms with E-state index in [-0.39, 0.29) is 6.61 Å². The minimum absolute atomic E-state index is 0.0683. The third kappa shape index (κ3) is 34.3. The van der Waals surface area contributed by atoms with E-state index in [0.29, 0.717) is 6.16 Å². The lowest BCUT2D eigenvalue weighted by Gasteiger charge is -2.06. The fraction of sp³-hybridized carbons (Fsp3) is 1.00. The Morgan fingerprint density at radius 1 is 0.667 bits per heavy atom. The van der Waals surface area contributed by atoms with Crippen molar-refractivity contribution in [3.63, 3.8) is 0 Å². The first-order chi connectivity index (χ1) is 13.0. The lowest BCUT2D eigenvalue weighted by atomic mass is 10.0. The zero-order valence-electron chi connectivity index (χ0n) is 18.7. The van der Waals surface area contributed by atoms with Crippen LogP contribution in [-0.2, 0) is 9.13 Å². The summed E-state index contributed by atoms with van der Waals surface area (Å²) < 4.78 is 21.0. The lowest BCUT2D eigenvalue weighted by molar-refractivity contribution is 0.321. The van der Waals surface area contributed by atoms with Crippen LogP contribution in [0.1, 0.15) is 110 Å². The molecule has 27 heavy (non-hydrogen) atoms. The SMILES string of the molecule is CCCCCCCCCCCCCCCCCCP(C)(C)=O.O=[PH2]CCO. The monoisotopic (exact) mass is 424 g/mol. The van der Waals surface area contributed by atoms with Gasteiger partial charge in [0, 0.05) is 18.9 Å². The molecule has 0 aromatic carbocycles. The molecular weight excluding hydrogens is 374 g/mol. The van der Waals surface area contributed by atoms with Gasteiger partial charge in [0.25, 0.3) is 0 Å². The summed E-state index contributed by atoms with van der Waals surface area (Å²) in [4.78, 5) is 0. The molecule has 5 heteroatoms. The van der Waals surface area contributed by atoms with Crippen LogP contribution in [0, 0.1) is 0 Å². The smallest absolute Gasteiger partial charge is 0.0819 e. The molecule has 0 saturated heterocycles. The van der Waals surface area contributed by atoms with Crippen molar-refractivity contribution in [1.29, 1.82) is 0 Å². The van der Waals surface area contributed by atoms with Crippen LogP contribution >= 0.6 is 15.6 Å². The Morgan fingerprint density at radius 3 is 1.22 bits per heavy atom. The normalized spacial score (nSPS) is 11.7. The molecule has 0 amide bonds. The predicted molar refractivity (Wildman–Crippen MR) is 126 cm³/mol. The molecule has 0 saturated carbocycles. The van der Waals surface area contributed by atoms with E-state index < -0.39 is 15.6 Å². The van der Waals surface area contributed by atoms with E-state index in [9.17, 15) is 9.13 Å². The molecule has 3 nitrogen and oxygen atoms in total. The molecule has 0 aliphatic rings. The highest BCUT2D eigenvalue weighted by Gasteiger charge is 2.05. The summed E-state index contributed by atoms with van der Waals surface area (Å²) in [7, 11) is -2.47. The van der Waals surface area contributed by atoms with Gasteiger partial charge in [0.1, 0.15) is 0 Å². The molecule has 0 rings (SSSR count). The van der Waals surface area contributed by atoms with E-state index >= 15 is 0 Å². The number of rotatable bonds is 19. The Morgan fingerprint density at radius 2 is 1.00 bits per heavy atom. The molecule has 166 valence electrons. The van der Waals surface area contributed by atoms with Gasteiger partial charge in [-0.15, -0.1) is 0 Å². The second-order valence-corrected chi connectivity index (χ2v) is 12.8. The third-order valence-corrected chi connectivity index (χ3v) is 6.68. The highest BCUT2D eigenvalue weighted by molar-refractivity contribution is 7.62. The molecule has 0 spiro atoms. The van der Waals surface area contributed by atoms with Crippen LogP contribution in [0.5, 0.6) is 0 Å². The number of aliphatic hydroxyl groups excluding tert-OH is 1. The molecule has 0 radical (unpaired) electrons. The summed E-state index contributed by atoms with van der Waals surface area (Å²) in [6, 6.07) is 0. The molecule has 0 aliphatic carbocycles. The van der Waals surface area contributed by atoms with Crippen LogP contribution in [0.2, 0.25) is 0 Å². The van der Waals surface area contributed by atoms with Gasteiger partial charge in [-0.1, -0.05) is 103 Å². The topological polar surface area (TPSA) is 54.4 Å². The Hall–Kier alpha value is 0.420. The molecule has 1 atom stereocenters. The molecule has 1 unspecified atom stereocenters. The van der Waals surface area contributed by atoms with Gasteiger partial charge in [-0.25, -0.2) is 0 Å². The van der Waals surface area contributed by atoms with Gasteiger partial charge in [-0.3, -0.25) is 0 Å². The van der Waals surface area contributed by atoms with E-state index in [2.05, 4.69) is 6.92 Å². The fourth-order valence-corrected chi connectivity index (χ4v) is 4.18. The van der Waals surface area contributed by atoms with Gasteiger partial charge in [0.05, 0.1) is 15.6 Å². The van der Waals surface area contributed by atoms with Crippen molar-refractivity contribution in [2.75, 3.05) is 32.3 Å². The summed E-state index contributed by atoms with van der Waals surface area (Å²) >= 11 is 0. The average molecular weight is 425 g/mol. The van der Waals surface area contributed by atoms with Crippen molar-refractivity contribution in [3.05, 3.63) is 0 Å². The molecule has 0 aliphatic heterocycles. The van der Waals surface area contributed by atoms with Crippen molar-refractivity contribution < 1.29 is 14.2 Å². The fourth-order valence-electron chi connectivity index (χ4n) is 3.09. The maximum atomic E-state index is 11.6. The second-order valence-electron chi connectivity index (χ2n) is 8.28. The highest BCUT2D eigenvalue weighted by atomic mass is 31.2. The van der Waals surface area contributed by atoms with E-state index in [0.717, 1.165) is 6.16 Å². The molecule has 0 aromatic heterocycles. The standard InChI is InChI=1S/C20H43OP.C2H7O2P/c1-4-5-6-7-8-9-10-11-12-13-14-15-16-17-18-19-20-22(2,3)21;3-1-2-5-4/h4-20H2,1-3H3;3H,1-2,5H2. The first-order valence-corrected chi connectivity index (χ1v) is 15.6. The Balaban J connectivity index is 0. The van der Waals surface area contributed by atoms with E-state index in [4.69, 9.17) is 5.11 Å². The number of unbranched alkanes of at least 4 members (excludes halogenated alkanes) is 15. The molecule has 1 N–H and O–H groups in total. The van der Waals surface area contributed by atoms with E-state index in [1.54, 1.807) is 0 Å². The number of hydrogen-bond acceptors (Lipinski definition) is 3. The average Bonchev–Trinajstić information content (AvgIpc) is 2.62. The van der Waals surface area contributed by atoms with Crippen molar-refractivity contribution in [2.45, 2.75) is 110 Å². The van der Waals surface area contributed by atoms with Crippen molar-refractivity contribution in [1.82, 2.24) is 0 Å². The summed E-state index contributed by atoms with van der Waals surface area (Å²) in [6.45, 7) is 6.18. The van der Waals surface area contributed by atoms with Crippen molar-refractivity contribution in [2.24, 2.45) is 0 Å². The Labute approximate surface area is 172 Å². The zero-order valence-corrected chi connectivity index (χ0v) is 20.8. The Kier molecular flexibility index (Phi) is 26.8. The van der Waals surface area contributed by atoms with Gasteiger partial charge in [-0.2, -0.15) is 0 Å². The minimum atomic E-state index is -1.75. The summed E-state index contributed by atoms with van der Waals surface area (Å²) in [5.41, 5.74) is 0. The van der Waals surface area contributed by atoms with E-state index in [1.807, 2.05) is 13.3 Å². The second kappa shape index (κ2) is 24.5. The summed E-state index contributed by atoms with van der Waals surface area (Å²) in [6.07, 6.45) is 23.9. The lowest BCUT2D eigenvalue weighted by Crippen LogP contribution is -1.87. The van der Waals surface area contributed by atoms with Crippen LogP contribution in [0.15, 0.2) is 0 Å². The van der Waals surface area contributed by atoms with Crippen LogP contribution < -0.4 is 0 Å². The minimum Gasteiger partial charge on any atom is -0.396 e. The van der Waals surface area contributed by atoms with E-state index in [1.165, 1.54) is 103 Å². The van der Waals surface area contributed by atoms with Crippen molar-refractivity contribution >= 4 is 15.6 Å². The third-order valence-electron chi connectivity index (χ3n) is 4.80. The highest BCUT2D eigenvalue weighted by Crippen LogP contribution is 2.36. The maximum Gasteiger partial charge on any atom is 0.0819 e.